The molecule has 0 saturated heterocycles. The minimum Gasteiger partial charge on any atom is -0.455 e. The van der Waals surface area contributed by atoms with Crippen LogP contribution in [-0.4, -0.2) is 19.1 Å². The van der Waals surface area contributed by atoms with Crippen LogP contribution in [0.25, 0.3) is 99.7 Å². The van der Waals surface area contributed by atoms with E-state index in [1.54, 1.807) is 0 Å². The highest BCUT2D eigenvalue weighted by Gasteiger charge is 2.22. The first kappa shape index (κ1) is 27.9. The fourth-order valence-electron chi connectivity index (χ4n) is 7.87. The highest BCUT2D eigenvalue weighted by atomic mass is 16.3. The molecule has 0 aliphatic carbocycles. The van der Waals surface area contributed by atoms with E-state index in [2.05, 4.69) is 167 Å². The number of hydrogen-bond acceptors (Lipinski definition) is 3. The summed E-state index contributed by atoms with van der Waals surface area (Å²) in [5.41, 5.74) is 11.0. The molecule has 11 aromatic rings. The molecule has 0 radical (unpaired) electrons. The number of para-hydroxylation sites is 3. The van der Waals surface area contributed by atoms with Crippen LogP contribution in [0.4, 0.5) is 0 Å². The number of nitrogens with zero attached hydrogens (tertiary/aromatic N) is 4. The van der Waals surface area contributed by atoms with Crippen molar-refractivity contribution in [2.24, 2.45) is 0 Å². The predicted molar refractivity (Wildman–Crippen MR) is 209 cm³/mol. The Morgan fingerprint density at radius 1 is 0.392 bits per heavy atom. The van der Waals surface area contributed by atoms with Crippen LogP contribution in [0.3, 0.4) is 0 Å². The molecular weight excluding hydrogens is 625 g/mol. The van der Waals surface area contributed by atoms with E-state index in [1.807, 2.05) is 12.1 Å². The number of rotatable bonds is 4. The van der Waals surface area contributed by atoms with Crippen molar-refractivity contribution in [2.75, 3.05) is 0 Å². The van der Waals surface area contributed by atoms with Crippen molar-refractivity contribution in [3.05, 3.63) is 170 Å². The number of benzene rings is 7. The second-order valence-electron chi connectivity index (χ2n) is 13.0. The van der Waals surface area contributed by atoms with E-state index in [9.17, 15) is 0 Å². The lowest BCUT2D eigenvalue weighted by atomic mass is 10.1. The Bertz CT molecular complexity index is 3060. The summed E-state index contributed by atoms with van der Waals surface area (Å²) in [5, 5.41) is 6.64. The van der Waals surface area contributed by atoms with E-state index in [0.717, 1.165) is 88.4 Å². The molecule has 4 aromatic heterocycles. The van der Waals surface area contributed by atoms with Gasteiger partial charge in [0.2, 0.25) is 5.95 Å². The van der Waals surface area contributed by atoms with Crippen LogP contribution in [-0.2, 0) is 0 Å². The molecule has 51 heavy (non-hydrogen) atoms. The minimum absolute atomic E-state index is 0.627. The molecule has 0 amide bonds. The SMILES string of the molecule is c1ccc(-c2cc(-c3ccccc3)nc(-n3c4ccccc4c4cc5oc6c(ccc7c6c6ccccc6n7-c6ccccc6)c5cc43)n2)cc1. The molecule has 0 aliphatic heterocycles. The number of furan rings is 1. The first-order valence-electron chi connectivity index (χ1n) is 17.2. The zero-order valence-electron chi connectivity index (χ0n) is 27.4. The van der Waals surface area contributed by atoms with Gasteiger partial charge in [-0.25, -0.2) is 9.97 Å². The summed E-state index contributed by atoms with van der Waals surface area (Å²) in [4.78, 5) is 10.5. The molecule has 7 aromatic carbocycles. The third kappa shape index (κ3) is 4.15. The summed E-state index contributed by atoms with van der Waals surface area (Å²) in [7, 11) is 0. The summed E-state index contributed by atoms with van der Waals surface area (Å²) in [6.45, 7) is 0. The zero-order valence-corrected chi connectivity index (χ0v) is 27.4. The van der Waals surface area contributed by atoms with Crippen molar-refractivity contribution in [1.29, 1.82) is 0 Å². The lowest BCUT2D eigenvalue weighted by Crippen LogP contribution is -2.03. The summed E-state index contributed by atoms with van der Waals surface area (Å²) < 4.78 is 11.4. The van der Waals surface area contributed by atoms with Gasteiger partial charge >= 0.3 is 0 Å². The van der Waals surface area contributed by atoms with Gasteiger partial charge in [-0.1, -0.05) is 115 Å². The van der Waals surface area contributed by atoms with E-state index >= 15 is 0 Å². The fourth-order valence-corrected chi connectivity index (χ4v) is 7.87. The highest BCUT2D eigenvalue weighted by Crippen LogP contribution is 2.43. The molecule has 0 saturated carbocycles. The van der Waals surface area contributed by atoms with Gasteiger partial charge < -0.3 is 8.98 Å². The van der Waals surface area contributed by atoms with Crippen molar-refractivity contribution in [2.45, 2.75) is 0 Å². The predicted octanol–water partition coefficient (Wildman–Crippen LogP) is 11.9. The molecule has 0 bridgehead atoms. The molecule has 11 rings (SSSR count). The zero-order chi connectivity index (χ0) is 33.5. The van der Waals surface area contributed by atoms with E-state index < -0.39 is 0 Å². The van der Waals surface area contributed by atoms with Crippen LogP contribution in [0.15, 0.2) is 174 Å². The Balaban J connectivity index is 1.22. The average molecular weight is 653 g/mol. The van der Waals surface area contributed by atoms with Gasteiger partial charge in [0.1, 0.15) is 11.2 Å². The standard InChI is InChI=1S/C46H28N4O/c1-4-14-29(15-5-1)37-28-38(30-16-6-2-7-17-30)48-46(47-37)50-39-22-12-10-20-32(39)35-27-43-36(26-42(35)50)33-24-25-41-44(45(33)51-43)34-21-11-13-23-40(34)49(41)31-18-8-3-9-19-31/h1-28H. The first-order chi connectivity index (χ1) is 25.3. The van der Waals surface area contributed by atoms with Gasteiger partial charge in [-0.15, -0.1) is 0 Å². The Morgan fingerprint density at radius 2 is 0.980 bits per heavy atom. The number of aromatic nitrogens is 4. The van der Waals surface area contributed by atoms with Crippen molar-refractivity contribution in [3.8, 4) is 34.2 Å². The van der Waals surface area contributed by atoms with Crippen LogP contribution in [0.1, 0.15) is 0 Å². The normalized spacial score (nSPS) is 11.9. The maximum Gasteiger partial charge on any atom is 0.235 e. The monoisotopic (exact) mass is 652 g/mol. The molecule has 238 valence electrons. The third-order valence-electron chi connectivity index (χ3n) is 10.1. The maximum absolute atomic E-state index is 6.90. The smallest absolute Gasteiger partial charge is 0.235 e. The quantitative estimate of drug-likeness (QED) is 0.190. The molecule has 0 spiro atoms. The number of hydrogen-bond donors (Lipinski definition) is 0. The lowest BCUT2D eigenvalue weighted by molar-refractivity contribution is 0.673. The van der Waals surface area contributed by atoms with Crippen LogP contribution >= 0.6 is 0 Å². The summed E-state index contributed by atoms with van der Waals surface area (Å²) in [6, 6.07) is 59.3. The Labute approximate surface area is 292 Å². The molecule has 4 heterocycles. The Kier molecular flexibility index (Phi) is 5.89. The average Bonchev–Trinajstić information content (AvgIpc) is 3.85. The van der Waals surface area contributed by atoms with Gasteiger partial charge in [-0.05, 0) is 54.6 Å². The van der Waals surface area contributed by atoms with Gasteiger partial charge in [0.05, 0.1) is 38.8 Å². The Hall–Kier alpha value is -6.98. The van der Waals surface area contributed by atoms with Crippen molar-refractivity contribution >= 4 is 65.6 Å². The van der Waals surface area contributed by atoms with Gasteiger partial charge in [0, 0.05) is 43.7 Å². The van der Waals surface area contributed by atoms with Gasteiger partial charge in [0.25, 0.3) is 0 Å². The van der Waals surface area contributed by atoms with Gasteiger partial charge in [0.15, 0.2) is 0 Å². The molecule has 0 unspecified atom stereocenters. The third-order valence-corrected chi connectivity index (χ3v) is 10.1. The van der Waals surface area contributed by atoms with Crippen LogP contribution in [0.2, 0.25) is 0 Å². The van der Waals surface area contributed by atoms with Crippen molar-refractivity contribution in [1.82, 2.24) is 19.1 Å². The van der Waals surface area contributed by atoms with Crippen molar-refractivity contribution < 1.29 is 4.42 Å². The molecule has 5 nitrogen and oxygen atoms in total. The van der Waals surface area contributed by atoms with Gasteiger partial charge in [-0.2, -0.15) is 0 Å². The highest BCUT2D eigenvalue weighted by molar-refractivity contribution is 6.25. The molecule has 0 fully saturated rings. The summed E-state index contributed by atoms with van der Waals surface area (Å²) in [5.74, 6) is 0.627. The van der Waals surface area contributed by atoms with Crippen LogP contribution < -0.4 is 0 Å². The summed E-state index contributed by atoms with van der Waals surface area (Å²) in [6.07, 6.45) is 0. The molecule has 0 aliphatic rings. The summed E-state index contributed by atoms with van der Waals surface area (Å²) >= 11 is 0. The topological polar surface area (TPSA) is 48.8 Å². The molecule has 0 N–H and O–H groups in total. The van der Waals surface area contributed by atoms with E-state index in [0.29, 0.717) is 5.95 Å². The maximum atomic E-state index is 6.90. The van der Waals surface area contributed by atoms with Crippen LogP contribution in [0.5, 0.6) is 0 Å². The van der Waals surface area contributed by atoms with Crippen molar-refractivity contribution in [3.63, 3.8) is 0 Å². The number of fused-ring (bicyclic) bond motifs is 10. The van der Waals surface area contributed by atoms with E-state index in [4.69, 9.17) is 14.4 Å². The fraction of sp³-hybridized carbons (Fsp3) is 0. The van der Waals surface area contributed by atoms with E-state index in [1.165, 1.54) is 5.39 Å². The molecular formula is C46H28N4O. The minimum atomic E-state index is 0.627. The molecule has 0 atom stereocenters. The Morgan fingerprint density at radius 3 is 1.67 bits per heavy atom. The lowest BCUT2D eigenvalue weighted by Gasteiger charge is -2.11. The molecule has 5 heteroatoms. The van der Waals surface area contributed by atoms with E-state index in [-0.39, 0.29) is 0 Å². The van der Waals surface area contributed by atoms with Crippen LogP contribution in [0, 0.1) is 0 Å². The second-order valence-corrected chi connectivity index (χ2v) is 13.0. The van der Waals surface area contributed by atoms with Gasteiger partial charge in [-0.3, -0.25) is 4.57 Å². The first-order valence-corrected chi connectivity index (χ1v) is 17.2. The largest absolute Gasteiger partial charge is 0.455 e. The second kappa shape index (κ2) is 10.8.